The number of amides is 1. The number of nitrogens with zero attached hydrogens (tertiary/aromatic N) is 2. The summed E-state index contributed by atoms with van der Waals surface area (Å²) in [6.45, 7) is 1.19. The normalized spacial score (nSPS) is 19.6. The minimum absolute atomic E-state index is 0.0292. The molecule has 0 saturated carbocycles. The zero-order valence-corrected chi connectivity index (χ0v) is 18.4. The summed E-state index contributed by atoms with van der Waals surface area (Å²) < 4.78 is 11.4. The number of rotatable bonds is 6. The number of nitro groups is 1. The van der Waals surface area contributed by atoms with E-state index in [0.717, 1.165) is 25.0 Å². The summed E-state index contributed by atoms with van der Waals surface area (Å²) in [6.07, 6.45) is 3.70. The van der Waals surface area contributed by atoms with Crippen LogP contribution in [0.15, 0.2) is 53.4 Å². The average molecular weight is 471 g/mol. The molecule has 0 bridgehead atoms. The molecule has 1 amide bonds. The second kappa shape index (κ2) is 9.60. The van der Waals surface area contributed by atoms with Crippen LogP contribution < -0.4 is 4.74 Å². The van der Waals surface area contributed by atoms with Crippen LogP contribution in [0.1, 0.15) is 28.8 Å². The summed E-state index contributed by atoms with van der Waals surface area (Å²) in [5.41, 5.74) is 0.861. The molecule has 2 aromatic rings. The fourth-order valence-corrected chi connectivity index (χ4v) is 4.59. The number of carbonyl (C=O) groups excluding carboxylic acids is 2. The Balaban J connectivity index is 1.39. The number of nitro benzene ring substituents is 1. The molecule has 10 heteroatoms. The molecule has 0 N–H and O–H groups in total. The van der Waals surface area contributed by atoms with Crippen LogP contribution in [0.3, 0.4) is 0 Å². The lowest BCUT2D eigenvalue weighted by Gasteiger charge is -2.18. The number of hydrogen-bond acceptors (Lipinski definition) is 8. The van der Waals surface area contributed by atoms with Crippen LogP contribution in [-0.4, -0.2) is 45.3 Å². The molecule has 2 aliphatic heterocycles. The molecule has 0 radical (unpaired) electrons. The van der Waals surface area contributed by atoms with Crippen LogP contribution in [0.4, 0.5) is 5.69 Å². The summed E-state index contributed by atoms with van der Waals surface area (Å²) in [7, 11) is 0. The molecule has 1 atom stereocenters. The van der Waals surface area contributed by atoms with E-state index in [-0.39, 0.29) is 23.3 Å². The molecule has 2 aliphatic rings. The molecule has 2 saturated heterocycles. The van der Waals surface area contributed by atoms with E-state index in [2.05, 4.69) is 0 Å². The molecule has 0 unspecified atom stereocenters. The van der Waals surface area contributed by atoms with E-state index in [0.29, 0.717) is 21.5 Å². The van der Waals surface area contributed by atoms with Crippen LogP contribution in [-0.2, 0) is 9.53 Å². The first-order valence-corrected chi connectivity index (χ1v) is 11.1. The third kappa shape index (κ3) is 5.04. The van der Waals surface area contributed by atoms with Gasteiger partial charge in [-0.2, -0.15) is 0 Å². The molecule has 0 spiro atoms. The second-order valence-corrected chi connectivity index (χ2v) is 8.87. The van der Waals surface area contributed by atoms with Crippen molar-refractivity contribution in [2.24, 2.45) is 0 Å². The fourth-order valence-electron chi connectivity index (χ4n) is 3.32. The highest BCUT2D eigenvalue weighted by Gasteiger charge is 2.34. The van der Waals surface area contributed by atoms with E-state index in [4.69, 9.17) is 21.7 Å². The zero-order valence-electron chi connectivity index (χ0n) is 16.8. The van der Waals surface area contributed by atoms with Gasteiger partial charge in [-0.15, -0.1) is 0 Å². The van der Waals surface area contributed by atoms with Crippen molar-refractivity contribution >= 4 is 51.9 Å². The molecule has 0 aromatic heterocycles. The fraction of sp³-hybridized carbons (Fsp3) is 0.227. The first kappa shape index (κ1) is 22.1. The minimum atomic E-state index is -0.623. The number of ether oxygens (including phenoxy) is 2. The van der Waals surface area contributed by atoms with E-state index in [1.807, 2.05) is 0 Å². The van der Waals surface area contributed by atoms with E-state index in [1.54, 1.807) is 35.2 Å². The van der Waals surface area contributed by atoms with Crippen molar-refractivity contribution in [1.29, 1.82) is 0 Å². The predicted octanol–water partition coefficient (Wildman–Crippen LogP) is 4.19. The van der Waals surface area contributed by atoms with Crippen molar-refractivity contribution in [3.05, 3.63) is 74.7 Å². The van der Waals surface area contributed by atoms with Crippen LogP contribution in [0.5, 0.6) is 5.75 Å². The van der Waals surface area contributed by atoms with Gasteiger partial charge in [-0.3, -0.25) is 19.8 Å². The number of benzene rings is 2. The lowest BCUT2D eigenvalue weighted by Crippen LogP contribution is -2.35. The SMILES string of the molecule is O=C(Oc1ccc(/C=C2\SC(=S)N(C[C@H]3CCCO3)C2=O)cc1)c1ccc([N+](=O)[O-])cc1. The van der Waals surface area contributed by atoms with Crippen molar-refractivity contribution < 1.29 is 24.0 Å². The molecular weight excluding hydrogens is 452 g/mol. The van der Waals surface area contributed by atoms with Crippen molar-refractivity contribution in [1.82, 2.24) is 4.90 Å². The monoisotopic (exact) mass is 470 g/mol. The van der Waals surface area contributed by atoms with Crippen molar-refractivity contribution in [3.8, 4) is 5.75 Å². The minimum Gasteiger partial charge on any atom is -0.423 e. The number of carbonyl (C=O) groups is 2. The van der Waals surface area contributed by atoms with Gasteiger partial charge >= 0.3 is 5.97 Å². The maximum Gasteiger partial charge on any atom is 0.343 e. The summed E-state index contributed by atoms with van der Waals surface area (Å²) in [5, 5.41) is 10.7. The Morgan fingerprint density at radius 2 is 1.97 bits per heavy atom. The lowest BCUT2D eigenvalue weighted by molar-refractivity contribution is -0.384. The van der Waals surface area contributed by atoms with Crippen LogP contribution >= 0.6 is 24.0 Å². The third-order valence-corrected chi connectivity index (χ3v) is 6.36. The van der Waals surface area contributed by atoms with Crippen molar-refractivity contribution in [2.45, 2.75) is 18.9 Å². The van der Waals surface area contributed by atoms with E-state index in [1.165, 1.54) is 36.0 Å². The lowest BCUT2D eigenvalue weighted by atomic mass is 10.2. The second-order valence-electron chi connectivity index (χ2n) is 7.19. The predicted molar refractivity (Wildman–Crippen MR) is 123 cm³/mol. The van der Waals surface area contributed by atoms with Crippen LogP contribution in [0.25, 0.3) is 6.08 Å². The highest BCUT2D eigenvalue weighted by atomic mass is 32.2. The summed E-state index contributed by atoms with van der Waals surface area (Å²) in [5.74, 6) is -0.441. The largest absolute Gasteiger partial charge is 0.423 e. The maximum absolute atomic E-state index is 12.7. The molecule has 4 rings (SSSR count). The van der Waals surface area contributed by atoms with E-state index >= 15 is 0 Å². The van der Waals surface area contributed by atoms with Crippen LogP contribution in [0, 0.1) is 10.1 Å². The molecule has 2 heterocycles. The third-order valence-electron chi connectivity index (χ3n) is 4.99. The Bertz CT molecular complexity index is 1090. The van der Waals surface area contributed by atoms with Gasteiger partial charge in [0.15, 0.2) is 0 Å². The zero-order chi connectivity index (χ0) is 22.7. The quantitative estimate of drug-likeness (QED) is 0.155. The van der Waals surface area contributed by atoms with Crippen molar-refractivity contribution in [3.63, 3.8) is 0 Å². The Labute approximate surface area is 193 Å². The summed E-state index contributed by atoms with van der Waals surface area (Å²) >= 11 is 6.61. The molecular formula is C22H18N2O6S2. The highest BCUT2D eigenvalue weighted by molar-refractivity contribution is 8.26. The first-order valence-electron chi connectivity index (χ1n) is 9.84. The number of non-ortho nitro benzene ring substituents is 1. The van der Waals surface area contributed by atoms with Gasteiger partial charge in [0.1, 0.15) is 10.1 Å². The number of thiocarbonyl (C=S) groups is 1. The van der Waals surface area contributed by atoms with Gasteiger partial charge in [0.25, 0.3) is 11.6 Å². The smallest absolute Gasteiger partial charge is 0.343 e. The van der Waals surface area contributed by atoms with Gasteiger partial charge in [0.05, 0.1) is 28.0 Å². The standard InChI is InChI=1S/C22H18N2O6S2/c25-20-19(32-22(31)23(20)13-18-2-1-11-29-18)12-14-3-9-17(10-4-14)30-21(26)15-5-7-16(8-6-15)24(27)28/h3-10,12,18H,1-2,11,13H2/b19-12-/t18-/m1/s1. The van der Waals surface area contributed by atoms with E-state index in [9.17, 15) is 19.7 Å². The van der Waals surface area contributed by atoms with E-state index < -0.39 is 10.9 Å². The average Bonchev–Trinajstić information content (AvgIpc) is 3.39. The molecule has 2 aromatic carbocycles. The number of thioether (sulfide) groups is 1. The highest BCUT2D eigenvalue weighted by Crippen LogP contribution is 2.33. The van der Waals surface area contributed by atoms with Gasteiger partial charge in [-0.1, -0.05) is 36.1 Å². The topological polar surface area (TPSA) is 99.0 Å². The Hall–Kier alpha value is -3.08. The van der Waals surface area contributed by atoms with Crippen molar-refractivity contribution in [2.75, 3.05) is 13.2 Å². The van der Waals surface area contributed by atoms with Gasteiger partial charge in [0.2, 0.25) is 0 Å². The molecule has 8 nitrogen and oxygen atoms in total. The summed E-state index contributed by atoms with van der Waals surface area (Å²) in [4.78, 5) is 37.2. The first-order chi connectivity index (χ1) is 15.4. The van der Waals surface area contributed by atoms with Gasteiger partial charge in [-0.25, -0.2) is 4.79 Å². The Morgan fingerprint density at radius 3 is 2.59 bits per heavy atom. The Morgan fingerprint density at radius 1 is 1.25 bits per heavy atom. The summed E-state index contributed by atoms with van der Waals surface area (Å²) in [6, 6.07) is 11.9. The van der Waals surface area contributed by atoms with Crippen LogP contribution in [0.2, 0.25) is 0 Å². The van der Waals surface area contributed by atoms with Gasteiger partial charge < -0.3 is 9.47 Å². The van der Waals surface area contributed by atoms with Gasteiger partial charge in [-0.05, 0) is 48.7 Å². The molecule has 2 fully saturated rings. The maximum atomic E-state index is 12.7. The van der Waals surface area contributed by atoms with Gasteiger partial charge in [0, 0.05) is 18.7 Å². The molecule has 32 heavy (non-hydrogen) atoms. The number of esters is 1. The molecule has 164 valence electrons. The molecule has 0 aliphatic carbocycles. The number of hydrogen-bond donors (Lipinski definition) is 0. The Kier molecular flexibility index (Phi) is 6.63.